The molecule has 7 aromatic carbocycles. The van der Waals surface area contributed by atoms with Crippen molar-refractivity contribution in [2.75, 3.05) is 10.2 Å². The fourth-order valence-corrected chi connectivity index (χ4v) is 8.52. The molecule has 3 heterocycles. The fraction of sp³-hybridized carbons (Fsp3) is 0.0541. The molecule has 8 aromatic rings. The monoisotopic (exact) mass is 666 g/mol. The number of benzene rings is 7. The first-order chi connectivity index (χ1) is 23.5. The molecule has 238 valence electrons. The zero-order valence-electron chi connectivity index (χ0n) is 25.4. The summed E-state index contributed by atoms with van der Waals surface area (Å²) in [5.74, 6) is -0.430. The van der Waals surface area contributed by atoms with Crippen molar-refractivity contribution >= 4 is 98.5 Å². The van der Waals surface area contributed by atoms with Gasteiger partial charge in [-0.25, -0.2) is 0 Å². The molecule has 0 fully saturated rings. The van der Waals surface area contributed by atoms with E-state index in [4.69, 9.17) is 0 Å². The molecular formula is C37H22N4O7S. The minimum absolute atomic E-state index is 0.0831. The van der Waals surface area contributed by atoms with Crippen LogP contribution in [0.2, 0.25) is 0 Å². The molecule has 5 N–H and O–H groups in total. The van der Waals surface area contributed by atoms with Crippen LogP contribution in [0.25, 0.3) is 71.1 Å². The first-order valence-electron chi connectivity index (χ1n) is 15.4. The number of aromatic hydroxyl groups is 1. The van der Waals surface area contributed by atoms with E-state index in [1.165, 1.54) is 35.2 Å². The van der Waals surface area contributed by atoms with Crippen LogP contribution < -0.4 is 26.4 Å². The zero-order chi connectivity index (χ0) is 33.7. The molecule has 10 rings (SSSR count). The number of nitrogens with zero attached hydrogens (tertiary/aromatic N) is 1. The van der Waals surface area contributed by atoms with Gasteiger partial charge < -0.3 is 20.4 Å². The van der Waals surface area contributed by atoms with Crippen molar-refractivity contribution in [3.8, 4) is 5.75 Å². The number of aromatic nitrogens is 2. The molecule has 0 saturated heterocycles. The molecule has 0 radical (unpaired) electrons. The number of rotatable bonds is 1. The Morgan fingerprint density at radius 1 is 0.714 bits per heavy atom. The molecule has 1 unspecified atom stereocenters. The third-order valence-electron chi connectivity index (χ3n) is 10.0. The number of H-pyrrole nitrogens is 2. The molecule has 0 bridgehead atoms. The smallest absolute Gasteiger partial charge is 0.294 e. The maximum absolute atomic E-state index is 14.2. The molecule has 1 atom stereocenters. The second kappa shape index (κ2) is 9.01. The highest BCUT2D eigenvalue weighted by atomic mass is 32.2. The summed E-state index contributed by atoms with van der Waals surface area (Å²) in [5, 5.41) is 19.4. The molecule has 1 amide bonds. The van der Waals surface area contributed by atoms with E-state index in [0.717, 1.165) is 21.5 Å². The van der Waals surface area contributed by atoms with Gasteiger partial charge in [-0.1, -0.05) is 30.3 Å². The van der Waals surface area contributed by atoms with Crippen molar-refractivity contribution in [3.05, 3.63) is 110 Å². The average molecular weight is 667 g/mol. The van der Waals surface area contributed by atoms with Crippen LogP contribution >= 0.6 is 0 Å². The summed E-state index contributed by atoms with van der Waals surface area (Å²) >= 11 is 0. The second-order valence-electron chi connectivity index (χ2n) is 12.5. The van der Waals surface area contributed by atoms with E-state index in [1.54, 1.807) is 18.2 Å². The van der Waals surface area contributed by atoms with E-state index < -0.39 is 27.6 Å². The molecule has 12 heteroatoms. The SMILES string of the molecule is C/C=c1\[nH]c2cc(O)ccc2[nH]c2cc(=O)c3c4c(=O)cc5c6c(ccc(c7ccc1c2c73)c64)C1Nc2ccc(S(=O)(=O)O)cc2N1C5=O. The third kappa shape index (κ3) is 3.48. The number of hydrogen-bond donors (Lipinski definition) is 5. The van der Waals surface area contributed by atoms with E-state index in [0.29, 0.717) is 49.3 Å². The van der Waals surface area contributed by atoms with Crippen LogP contribution in [0.1, 0.15) is 29.0 Å². The molecule has 0 spiro atoms. The van der Waals surface area contributed by atoms with Crippen LogP contribution in [-0.2, 0) is 10.1 Å². The summed E-state index contributed by atoms with van der Waals surface area (Å²) in [6, 6.07) is 19.3. The van der Waals surface area contributed by atoms with Crippen LogP contribution in [0.4, 0.5) is 11.4 Å². The van der Waals surface area contributed by atoms with Crippen LogP contribution in [0, 0.1) is 0 Å². The van der Waals surface area contributed by atoms with Crippen LogP contribution in [0.3, 0.4) is 0 Å². The Labute approximate surface area is 274 Å². The van der Waals surface area contributed by atoms with Crippen molar-refractivity contribution < 1.29 is 22.9 Å². The van der Waals surface area contributed by atoms with Gasteiger partial charge in [-0.2, -0.15) is 8.42 Å². The number of phenolic OH excluding ortho intramolecular Hbond substituents is 1. The normalized spacial score (nSPS) is 16.0. The standard InChI is InChI=1S/C37H22N4O7S/c1-2-22-19-7-5-18-17-6-8-20-30-21(37(45)41-27-12-16(49(46,47)48)4-10-24(27)40-36(20)41)13-28(43)34(32(17)30)35-29(44)14-26(31(19)33(18)35)39-23-9-3-15(42)11-25(23)38-22/h2-14,36,38-40,42H,1H3,(H,46,47,48)/b22-2-. The summed E-state index contributed by atoms with van der Waals surface area (Å²) in [5.41, 5.74) is 2.55. The lowest BCUT2D eigenvalue weighted by Gasteiger charge is -2.32. The largest absolute Gasteiger partial charge is 0.508 e. The molecule has 2 aliphatic heterocycles. The topological polar surface area (TPSA) is 173 Å². The van der Waals surface area contributed by atoms with Gasteiger partial charge in [-0.3, -0.25) is 23.8 Å². The molecule has 11 nitrogen and oxygen atoms in total. The number of hydrogen-bond acceptors (Lipinski definition) is 7. The number of carbonyl (C=O) groups is 1. The van der Waals surface area contributed by atoms with Gasteiger partial charge in [0, 0.05) is 60.7 Å². The van der Waals surface area contributed by atoms with Crippen molar-refractivity contribution in [1.82, 2.24) is 9.97 Å². The van der Waals surface area contributed by atoms with E-state index in [-0.39, 0.29) is 38.1 Å². The van der Waals surface area contributed by atoms with Crippen molar-refractivity contribution in [3.63, 3.8) is 0 Å². The van der Waals surface area contributed by atoms with Gasteiger partial charge >= 0.3 is 0 Å². The number of aromatic amines is 2. The third-order valence-corrected chi connectivity index (χ3v) is 10.9. The highest BCUT2D eigenvalue weighted by Gasteiger charge is 2.42. The van der Waals surface area contributed by atoms with Crippen LogP contribution in [0.15, 0.2) is 87.3 Å². The summed E-state index contributed by atoms with van der Waals surface area (Å²) in [6.07, 6.45) is 1.18. The number of anilines is 2. The first-order valence-corrected chi connectivity index (χ1v) is 16.8. The Kier molecular flexibility index (Phi) is 5.12. The lowest BCUT2D eigenvalue weighted by atomic mass is 9.83. The summed E-state index contributed by atoms with van der Waals surface area (Å²) < 4.78 is 33.6. The second-order valence-corrected chi connectivity index (χ2v) is 13.9. The Balaban J connectivity index is 1.36. The Bertz CT molecular complexity index is 3220. The lowest BCUT2D eigenvalue weighted by Crippen LogP contribution is -2.38. The van der Waals surface area contributed by atoms with Gasteiger partial charge in [0.25, 0.3) is 16.0 Å². The Morgan fingerprint density at radius 3 is 2.18 bits per heavy atom. The summed E-state index contributed by atoms with van der Waals surface area (Å²) in [4.78, 5) is 50.5. The molecule has 0 aliphatic carbocycles. The molecule has 2 aliphatic rings. The predicted octanol–water partition coefficient (Wildman–Crippen LogP) is 5.54. The number of fused-ring (bicyclic) bond motifs is 7. The summed E-state index contributed by atoms with van der Waals surface area (Å²) in [7, 11) is -4.54. The minimum Gasteiger partial charge on any atom is -0.508 e. The predicted molar refractivity (Wildman–Crippen MR) is 189 cm³/mol. The van der Waals surface area contributed by atoms with Gasteiger partial charge in [0.2, 0.25) is 0 Å². The van der Waals surface area contributed by atoms with Crippen LogP contribution in [0.5, 0.6) is 5.75 Å². The number of carbonyl (C=O) groups excluding carboxylic acids is 1. The summed E-state index contributed by atoms with van der Waals surface area (Å²) in [6.45, 7) is 1.89. The lowest BCUT2D eigenvalue weighted by molar-refractivity contribution is 0.0980. The van der Waals surface area contributed by atoms with Crippen molar-refractivity contribution in [2.45, 2.75) is 18.0 Å². The van der Waals surface area contributed by atoms with E-state index in [2.05, 4.69) is 15.3 Å². The van der Waals surface area contributed by atoms with Gasteiger partial charge in [-0.15, -0.1) is 0 Å². The zero-order valence-corrected chi connectivity index (χ0v) is 26.2. The first kappa shape index (κ1) is 27.8. The van der Waals surface area contributed by atoms with Gasteiger partial charge in [0.05, 0.1) is 38.4 Å². The van der Waals surface area contributed by atoms with Crippen LogP contribution in [-0.4, -0.2) is 34.0 Å². The van der Waals surface area contributed by atoms with Crippen molar-refractivity contribution in [2.24, 2.45) is 0 Å². The maximum Gasteiger partial charge on any atom is 0.294 e. The molecule has 0 saturated carbocycles. The van der Waals surface area contributed by atoms with Crippen molar-refractivity contribution in [1.29, 1.82) is 0 Å². The number of nitrogens with one attached hydrogen (secondary N) is 3. The van der Waals surface area contributed by atoms with E-state index >= 15 is 0 Å². The molecule has 49 heavy (non-hydrogen) atoms. The minimum atomic E-state index is -4.54. The highest BCUT2D eigenvalue weighted by molar-refractivity contribution is 7.85. The maximum atomic E-state index is 14.2. The van der Waals surface area contributed by atoms with Gasteiger partial charge in [0.1, 0.15) is 11.9 Å². The van der Waals surface area contributed by atoms with E-state index in [1.807, 2.05) is 37.3 Å². The average Bonchev–Trinajstić information content (AvgIpc) is 3.46. The highest BCUT2D eigenvalue weighted by Crippen LogP contribution is 2.50. The Hall–Kier alpha value is -6.24. The van der Waals surface area contributed by atoms with E-state index in [9.17, 15) is 32.5 Å². The Morgan fingerprint density at radius 2 is 1.43 bits per heavy atom. The fourth-order valence-electron chi connectivity index (χ4n) is 8.02. The molecule has 1 aromatic heterocycles. The quantitative estimate of drug-likeness (QED) is 0.0863. The van der Waals surface area contributed by atoms with Gasteiger partial charge in [0.15, 0.2) is 10.9 Å². The molecular weight excluding hydrogens is 644 g/mol. The van der Waals surface area contributed by atoms with Gasteiger partial charge in [-0.05, 0) is 54.1 Å². The number of phenols is 1. The number of amides is 1.